The summed E-state index contributed by atoms with van der Waals surface area (Å²) in [4.78, 5) is 11.2. The van der Waals surface area contributed by atoms with Gasteiger partial charge in [0.25, 0.3) is 0 Å². The van der Waals surface area contributed by atoms with E-state index in [0.29, 0.717) is 0 Å². The van der Waals surface area contributed by atoms with Crippen LogP contribution in [-0.2, 0) is 9.53 Å². The molecule has 0 atom stereocenters. The number of carbonyl (C=O) groups excluding carboxylic acids is 1. The van der Waals surface area contributed by atoms with E-state index < -0.39 is 5.97 Å². The third-order valence-electron chi connectivity index (χ3n) is 4.70. The Hall–Kier alpha value is -3.59. The van der Waals surface area contributed by atoms with Gasteiger partial charge in [-0.05, 0) is 33.2 Å². The first-order valence-electron chi connectivity index (χ1n) is 9.20. The summed E-state index contributed by atoms with van der Waals surface area (Å²) in [5, 5.41) is 4.62. The van der Waals surface area contributed by atoms with E-state index in [2.05, 4.69) is 55.1 Å². The fourth-order valence-electron chi connectivity index (χ4n) is 3.45. The van der Waals surface area contributed by atoms with Crippen molar-refractivity contribution in [2.45, 2.75) is 0 Å². The van der Waals surface area contributed by atoms with Crippen LogP contribution in [0.2, 0.25) is 0 Å². The van der Waals surface area contributed by atoms with Crippen molar-refractivity contribution in [3.8, 4) is 16.9 Å². The molecule has 138 valence electrons. The van der Waals surface area contributed by atoms with Gasteiger partial charge in [0.2, 0.25) is 0 Å². The largest absolute Gasteiger partial charge is 0.489 e. The first-order valence-corrected chi connectivity index (χ1v) is 9.20. The molecule has 0 aliphatic heterocycles. The van der Waals surface area contributed by atoms with E-state index in [1.165, 1.54) is 10.8 Å². The normalized spacial score (nSPS) is 10.7. The molecule has 0 aliphatic carbocycles. The van der Waals surface area contributed by atoms with E-state index in [9.17, 15) is 4.79 Å². The van der Waals surface area contributed by atoms with Gasteiger partial charge in [-0.3, -0.25) is 0 Å². The predicted octanol–water partition coefficient (Wildman–Crippen LogP) is 5.77. The molecule has 4 aromatic carbocycles. The summed E-state index contributed by atoms with van der Waals surface area (Å²) in [6, 6.07) is 26.9. The van der Waals surface area contributed by atoms with Crippen molar-refractivity contribution in [2.24, 2.45) is 0 Å². The third kappa shape index (κ3) is 3.47. The number of hydrogen-bond donors (Lipinski definition) is 0. The van der Waals surface area contributed by atoms with Gasteiger partial charge in [0.05, 0.1) is 0 Å². The Balaban J connectivity index is 1.80. The van der Waals surface area contributed by atoms with E-state index in [0.717, 1.165) is 33.7 Å². The molecule has 0 saturated heterocycles. The Morgan fingerprint density at radius 3 is 2.25 bits per heavy atom. The van der Waals surface area contributed by atoms with Gasteiger partial charge in [-0.2, -0.15) is 0 Å². The second-order valence-corrected chi connectivity index (χ2v) is 6.41. The third-order valence-corrected chi connectivity index (χ3v) is 4.70. The molecule has 0 aliphatic rings. The lowest BCUT2D eigenvalue weighted by molar-refractivity contribution is -0.138. The minimum Gasteiger partial charge on any atom is -0.489 e. The van der Waals surface area contributed by atoms with Gasteiger partial charge in [0, 0.05) is 11.6 Å². The van der Waals surface area contributed by atoms with Crippen LogP contribution in [0.5, 0.6) is 5.75 Å². The molecular weight excluding hydrogens is 348 g/mol. The first kappa shape index (κ1) is 17.8. The van der Waals surface area contributed by atoms with Crippen molar-refractivity contribution in [1.82, 2.24) is 0 Å². The Morgan fingerprint density at radius 2 is 1.46 bits per heavy atom. The van der Waals surface area contributed by atoms with E-state index in [4.69, 9.17) is 9.47 Å². The molecule has 0 fully saturated rings. The molecule has 0 aromatic heterocycles. The highest BCUT2D eigenvalue weighted by atomic mass is 16.6. The number of rotatable bonds is 6. The zero-order valence-electron chi connectivity index (χ0n) is 15.4. The topological polar surface area (TPSA) is 35.5 Å². The molecule has 0 unspecified atom stereocenters. The van der Waals surface area contributed by atoms with Crippen LogP contribution < -0.4 is 4.74 Å². The van der Waals surface area contributed by atoms with Crippen molar-refractivity contribution in [1.29, 1.82) is 0 Å². The number of esters is 1. The average Bonchev–Trinajstić information content (AvgIpc) is 2.76. The van der Waals surface area contributed by atoms with Gasteiger partial charge in [-0.25, -0.2) is 4.79 Å². The molecule has 4 aromatic rings. The van der Waals surface area contributed by atoms with Gasteiger partial charge >= 0.3 is 5.97 Å². The molecule has 0 N–H and O–H groups in total. The summed E-state index contributed by atoms with van der Waals surface area (Å²) >= 11 is 0. The molecular formula is C25H20O3. The van der Waals surface area contributed by atoms with Crippen LogP contribution in [0.25, 0.3) is 32.7 Å². The van der Waals surface area contributed by atoms with Crippen molar-refractivity contribution in [3.05, 3.63) is 91.5 Å². The van der Waals surface area contributed by atoms with Crippen LogP contribution in [-0.4, -0.2) is 19.2 Å². The van der Waals surface area contributed by atoms with Crippen LogP contribution >= 0.6 is 0 Å². The number of hydrogen-bond acceptors (Lipinski definition) is 3. The van der Waals surface area contributed by atoms with Gasteiger partial charge in [0.15, 0.2) is 0 Å². The van der Waals surface area contributed by atoms with Crippen molar-refractivity contribution in [2.75, 3.05) is 13.2 Å². The minimum absolute atomic E-state index is 0.173. The first-order chi connectivity index (χ1) is 13.8. The lowest BCUT2D eigenvalue weighted by atomic mass is 9.93. The van der Waals surface area contributed by atoms with Gasteiger partial charge < -0.3 is 9.47 Å². The van der Waals surface area contributed by atoms with E-state index in [1.54, 1.807) is 0 Å². The lowest BCUT2D eigenvalue weighted by Crippen LogP contribution is -2.10. The van der Waals surface area contributed by atoms with Crippen LogP contribution in [0.3, 0.4) is 0 Å². The average molecular weight is 368 g/mol. The van der Waals surface area contributed by atoms with Crippen molar-refractivity contribution < 1.29 is 14.3 Å². The lowest BCUT2D eigenvalue weighted by Gasteiger charge is -2.16. The van der Waals surface area contributed by atoms with E-state index in [-0.39, 0.29) is 13.2 Å². The Kier molecular flexibility index (Phi) is 5.07. The number of carbonyl (C=O) groups is 1. The summed E-state index contributed by atoms with van der Waals surface area (Å²) < 4.78 is 11.1. The fourth-order valence-corrected chi connectivity index (χ4v) is 3.45. The molecule has 0 amide bonds. The highest BCUT2D eigenvalue weighted by molar-refractivity contribution is 6.07. The summed E-state index contributed by atoms with van der Waals surface area (Å²) in [5.41, 5.74) is 2.16. The zero-order valence-corrected chi connectivity index (χ0v) is 15.4. The maximum Gasteiger partial charge on any atom is 0.330 e. The van der Waals surface area contributed by atoms with Crippen LogP contribution in [0, 0.1) is 0 Å². The minimum atomic E-state index is -0.448. The van der Waals surface area contributed by atoms with Gasteiger partial charge in [-0.15, -0.1) is 0 Å². The molecule has 0 heterocycles. The van der Waals surface area contributed by atoms with Gasteiger partial charge in [-0.1, -0.05) is 79.4 Å². The van der Waals surface area contributed by atoms with Gasteiger partial charge in [0.1, 0.15) is 19.0 Å². The van der Waals surface area contributed by atoms with E-state index >= 15 is 0 Å². The molecule has 3 heteroatoms. The second-order valence-electron chi connectivity index (χ2n) is 6.41. The summed E-state index contributed by atoms with van der Waals surface area (Å²) in [5.74, 6) is 0.320. The zero-order chi connectivity index (χ0) is 19.3. The van der Waals surface area contributed by atoms with Crippen LogP contribution in [0.1, 0.15) is 0 Å². The number of fused-ring (bicyclic) bond motifs is 2. The smallest absolute Gasteiger partial charge is 0.330 e. The molecule has 0 radical (unpaired) electrons. The fraction of sp³-hybridized carbons (Fsp3) is 0.0800. The van der Waals surface area contributed by atoms with Crippen LogP contribution in [0.15, 0.2) is 91.5 Å². The highest BCUT2D eigenvalue weighted by Gasteiger charge is 2.14. The maximum absolute atomic E-state index is 11.2. The quantitative estimate of drug-likeness (QED) is 0.246. The Bertz CT molecular complexity index is 1160. The van der Waals surface area contributed by atoms with Crippen LogP contribution in [0.4, 0.5) is 0 Å². The Morgan fingerprint density at radius 1 is 0.786 bits per heavy atom. The van der Waals surface area contributed by atoms with Crippen molar-refractivity contribution >= 4 is 27.5 Å². The summed E-state index contributed by atoms with van der Waals surface area (Å²) in [6.07, 6.45) is 1.15. The molecule has 3 nitrogen and oxygen atoms in total. The molecule has 28 heavy (non-hydrogen) atoms. The standard InChI is InChI=1S/C25H20O3/c1-2-24(26)28-17-16-27-23-15-14-19-9-4-6-12-21(19)25(23)22-13-7-10-18-8-3-5-11-20(18)22/h2-15H,1,16-17H2. The molecule has 4 rings (SSSR count). The van der Waals surface area contributed by atoms with E-state index in [1.807, 2.05) is 30.3 Å². The summed E-state index contributed by atoms with van der Waals surface area (Å²) in [6.45, 7) is 3.85. The summed E-state index contributed by atoms with van der Waals surface area (Å²) in [7, 11) is 0. The molecule has 0 spiro atoms. The SMILES string of the molecule is C=CC(=O)OCCOc1ccc2ccccc2c1-c1cccc2ccccc12. The monoisotopic (exact) mass is 368 g/mol. The number of ether oxygens (including phenoxy) is 2. The highest BCUT2D eigenvalue weighted by Crippen LogP contribution is 2.40. The predicted molar refractivity (Wildman–Crippen MR) is 114 cm³/mol. The number of benzene rings is 4. The molecule has 0 saturated carbocycles. The van der Waals surface area contributed by atoms with Crippen molar-refractivity contribution in [3.63, 3.8) is 0 Å². The molecule has 0 bridgehead atoms. The Labute approximate surface area is 163 Å². The second kappa shape index (κ2) is 7.97. The maximum atomic E-state index is 11.2.